The van der Waals surface area contributed by atoms with Crippen molar-refractivity contribution in [3.05, 3.63) is 29.5 Å². The standard InChI is InChI=1S/C17H22N4O2.Li.H/c1-20-15-4-2-3-12(17(22)23)16(15)13(19-20)9-18-14-10-21-7-5-11(14)6-8-21;;/h2-4,11,14,18H,5-10H2,1H3,(H,22,23);;. The van der Waals surface area contributed by atoms with Crippen LogP contribution in [-0.4, -0.2) is 70.3 Å². The van der Waals surface area contributed by atoms with Gasteiger partial charge in [-0.25, -0.2) is 4.79 Å². The molecular weight excluding hydrogens is 299 g/mol. The second kappa shape index (κ2) is 6.89. The van der Waals surface area contributed by atoms with Crippen molar-refractivity contribution in [2.24, 2.45) is 13.0 Å². The first-order valence-corrected chi connectivity index (χ1v) is 8.27. The summed E-state index contributed by atoms with van der Waals surface area (Å²) < 4.78 is 1.77. The van der Waals surface area contributed by atoms with Gasteiger partial charge in [-0.15, -0.1) is 0 Å². The number of piperidine rings is 3. The van der Waals surface area contributed by atoms with E-state index < -0.39 is 5.97 Å². The third kappa shape index (κ3) is 3.00. The number of fused-ring (bicyclic) bond motifs is 4. The summed E-state index contributed by atoms with van der Waals surface area (Å²) in [6.07, 6.45) is 2.53. The van der Waals surface area contributed by atoms with Crippen molar-refractivity contribution in [1.29, 1.82) is 0 Å². The molecule has 0 spiro atoms. The predicted molar refractivity (Wildman–Crippen MR) is 94.6 cm³/mol. The van der Waals surface area contributed by atoms with E-state index in [1.165, 1.54) is 25.9 Å². The van der Waals surface area contributed by atoms with Crippen molar-refractivity contribution in [2.75, 3.05) is 19.6 Å². The molecule has 2 N–H and O–H groups in total. The SMILES string of the molecule is Cn1nc(CNC2CN3CCC2CC3)c2c(C(=O)O)cccc21.[LiH]. The summed E-state index contributed by atoms with van der Waals surface area (Å²) in [6.45, 7) is 4.16. The summed E-state index contributed by atoms with van der Waals surface area (Å²) in [5, 5.41) is 18.4. The first-order chi connectivity index (χ1) is 11.1. The van der Waals surface area contributed by atoms with Crippen LogP contribution in [0.3, 0.4) is 0 Å². The van der Waals surface area contributed by atoms with E-state index in [-0.39, 0.29) is 18.9 Å². The summed E-state index contributed by atoms with van der Waals surface area (Å²) in [4.78, 5) is 14.0. The molecule has 6 nitrogen and oxygen atoms in total. The van der Waals surface area contributed by atoms with Crippen LogP contribution in [0.2, 0.25) is 0 Å². The first-order valence-electron chi connectivity index (χ1n) is 8.27. The van der Waals surface area contributed by atoms with E-state index in [2.05, 4.69) is 15.3 Å². The molecule has 5 rings (SSSR count). The minimum atomic E-state index is -0.896. The first kappa shape index (κ1) is 17.5. The number of aryl methyl sites for hydroxylation is 1. The van der Waals surface area contributed by atoms with Gasteiger partial charge in [-0.3, -0.25) is 4.68 Å². The van der Waals surface area contributed by atoms with Gasteiger partial charge in [0.25, 0.3) is 0 Å². The molecule has 0 radical (unpaired) electrons. The number of carboxylic acid groups (broad SMARTS) is 1. The minimum absolute atomic E-state index is 0. The van der Waals surface area contributed by atoms with Crippen molar-refractivity contribution in [1.82, 2.24) is 20.0 Å². The van der Waals surface area contributed by atoms with Crippen molar-refractivity contribution < 1.29 is 9.90 Å². The normalized spacial score (nSPS) is 25.6. The Balaban J connectivity index is 0.00000169. The molecule has 124 valence electrons. The molecule has 0 aliphatic carbocycles. The molecule has 0 saturated carbocycles. The van der Waals surface area contributed by atoms with Gasteiger partial charge in [0.15, 0.2) is 0 Å². The number of rotatable bonds is 4. The molecule has 2 aromatic rings. The fraction of sp³-hybridized carbons (Fsp3) is 0.529. The molecule has 1 atom stereocenters. The van der Waals surface area contributed by atoms with E-state index in [0.717, 1.165) is 29.1 Å². The third-order valence-corrected chi connectivity index (χ3v) is 5.37. The van der Waals surface area contributed by atoms with Crippen LogP contribution in [0.5, 0.6) is 0 Å². The summed E-state index contributed by atoms with van der Waals surface area (Å²) >= 11 is 0. The molecule has 4 heterocycles. The maximum absolute atomic E-state index is 11.5. The van der Waals surface area contributed by atoms with E-state index >= 15 is 0 Å². The molecule has 7 heteroatoms. The number of aromatic carboxylic acids is 1. The van der Waals surface area contributed by atoms with Crippen LogP contribution in [-0.2, 0) is 13.6 Å². The summed E-state index contributed by atoms with van der Waals surface area (Å²) in [5.74, 6) is -0.151. The number of hydrogen-bond acceptors (Lipinski definition) is 4. The Morgan fingerprint density at radius 2 is 2.12 bits per heavy atom. The number of hydrogen-bond donors (Lipinski definition) is 2. The third-order valence-electron chi connectivity index (χ3n) is 5.37. The topological polar surface area (TPSA) is 70.4 Å². The molecule has 1 aromatic carbocycles. The van der Waals surface area contributed by atoms with Crippen molar-refractivity contribution in [3.8, 4) is 0 Å². The quantitative estimate of drug-likeness (QED) is 0.815. The number of carboxylic acids is 1. The van der Waals surface area contributed by atoms with Crippen molar-refractivity contribution in [2.45, 2.75) is 25.4 Å². The van der Waals surface area contributed by atoms with Crippen LogP contribution in [0.25, 0.3) is 10.9 Å². The number of benzene rings is 1. The molecule has 24 heavy (non-hydrogen) atoms. The van der Waals surface area contributed by atoms with E-state index in [4.69, 9.17) is 0 Å². The average Bonchev–Trinajstić information content (AvgIpc) is 2.90. The Morgan fingerprint density at radius 1 is 1.38 bits per heavy atom. The molecule has 0 amide bonds. The molecule has 3 saturated heterocycles. The Morgan fingerprint density at radius 3 is 2.75 bits per heavy atom. The van der Waals surface area contributed by atoms with Gasteiger partial charge in [0.1, 0.15) is 0 Å². The zero-order valence-corrected chi connectivity index (χ0v) is 13.3. The van der Waals surface area contributed by atoms with Gasteiger partial charge < -0.3 is 15.3 Å². The summed E-state index contributed by atoms with van der Waals surface area (Å²) in [5.41, 5.74) is 2.04. The molecule has 2 bridgehead atoms. The van der Waals surface area contributed by atoms with E-state index in [1.54, 1.807) is 16.8 Å². The molecule has 3 fully saturated rings. The Bertz CT molecular complexity index is 752. The summed E-state index contributed by atoms with van der Waals surface area (Å²) in [7, 11) is 1.87. The van der Waals surface area contributed by atoms with Crippen molar-refractivity contribution in [3.63, 3.8) is 0 Å². The number of nitrogens with zero attached hydrogens (tertiary/aromatic N) is 3. The number of carbonyl (C=O) groups is 1. The van der Waals surface area contributed by atoms with Crippen LogP contribution in [0.4, 0.5) is 0 Å². The predicted octanol–water partition coefficient (Wildman–Crippen LogP) is 0.807. The monoisotopic (exact) mass is 322 g/mol. The van der Waals surface area contributed by atoms with E-state index in [9.17, 15) is 9.90 Å². The van der Waals surface area contributed by atoms with Gasteiger partial charge in [-0.05, 0) is 44.0 Å². The van der Waals surface area contributed by atoms with Crippen LogP contribution in [0, 0.1) is 5.92 Å². The number of nitrogens with one attached hydrogen (secondary N) is 1. The Kier molecular flexibility index (Phi) is 5.02. The van der Waals surface area contributed by atoms with E-state index in [0.29, 0.717) is 18.2 Å². The molecule has 3 aliphatic heterocycles. The van der Waals surface area contributed by atoms with E-state index in [1.807, 2.05) is 13.1 Å². The fourth-order valence-corrected chi connectivity index (χ4v) is 4.12. The Labute approximate surface area is 153 Å². The molecule has 1 unspecified atom stereocenters. The Hall–Kier alpha value is -1.32. The van der Waals surface area contributed by atoms with Crippen LogP contribution in [0.1, 0.15) is 28.9 Å². The van der Waals surface area contributed by atoms with Gasteiger partial charge in [-0.2, -0.15) is 5.10 Å². The van der Waals surface area contributed by atoms with Gasteiger partial charge in [-0.1, -0.05) is 6.07 Å². The van der Waals surface area contributed by atoms with Gasteiger partial charge >= 0.3 is 24.8 Å². The van der Waals surface area contributed by atoms with Gasteiger partial charge in [0, 0.05) is 31.6 Å². The van der Waals surface area contributed by atoms with Crippen LogP contribution >= 0.6 is 0 Å². The zero-order chi connectivity index (χ0) is 16.0. The fourth-order valence-electron chi connectivity index (χ4n) is 4.12. The second-order valence-electron chi connectivity index (χ2n) is 6.70. The molecule has 3 aliphatic rings. The van der Waals surface area contributed by atoms with Gasteiger partial charge in [0.2, 0.25) is 0 Å². The zero-order valence-electron chi connectivity index (χ0n) is 13.3. The van der Waals surface area contributed by atoms with Gasteiger partial charge in [0.05, 0.1) is 16.8 Å². The summed E-state index contributed by atoms with van der Waals surface area (Å²) in [6, 6.07) is 5.85. The van der Waals surface area contributed by atoms with Crippen molar-refractivity contribution >= 4 is 35.7 Å². The van der Waals surface area contributed by atoms with Crippen LogP contribution in [0.15, 0.2) is 18.2 Å². The molecular formula is C17H23LiN4O2. The second-order valence-corrected chi connectivity index (χ2v) is 6.70. The average molecular weight is 322 g/mol. The number of aromatic nitrogens is 2. The molecule has 1 aromatic heterocycles. The van der Waals surface area contributed by atoms with Crippen LogP contribution < -0.4 is 5.32 Å². The maximum atomic E-state index is 11.5.